The Morgan fingerprint density at radius 3 is 2.95 bits per heavy atom. The summed E-state index contributed by atoms with van der Waals surface area (Å²) in [7, 11) is 1.70. The molecule has 0 aliphatic rings. The summed E-state index contributed by atoms with van der Waals surface area (Å²) in [5, 5.41) is 16.0. The predicted octanol–water partition coefficient (Wildman–Crippen LogP) is 1.51. The molecule has 0 radical (unpaired) electrons. The molecule has 1 aromatic carbocycles. The minimum absolute atomic E-state index is 0.713. The molecule has 2 aromatic rings. The van der Waals surface area contributed by atoms with Gasteiger partial charge in [-0.05, 0) is 28.5 Å². The Hall–Kier alpha value is -1.44. The molecular weight excluding hydrogens is 286 g/mol. The van der Waals surface area contributed by atoms with Gasteiger partial charge in [0.05, 0.1) is 13.2 Å². The smallest absolute Gasteiger partial charge is 0.209 e. The monoisotopic (exact) mass is 307 g/mol. The van der Waals surface area contributed by atoms with Crippen LogP contribution in [0.25, 0.3) is 0 Å². The minimum atomic E-state index is 0.713. The zero-order valence-corrected chi connectivity index (χ0v) is 13.3. The Bertz CT molecular complexity index is 546. The van der Waals surface area contributed by atoms with Gasteiger partial charge >= 0.3 is 0 Å². The summed E-state index contributed by atoms with van der Waals surface area (Å²) in [4.78, 5) is 0. The first-order chi connectivity index (χ1) is 10.3. The van der Waals surface area contributed by atoms with Crippen molar-refractivity contribution in [2.75, 3.05) is 26.8 Å². The lowest BCUT2D eigenvalue weighted by molar-refractivity contribution is 0.199. The SMILES string of the molecule is COCCNCCn1nnnc1SCc1ccccc1C. The second-order valence-electron chi connectivity index (χ2n) is 4.64. The van der Waals surface area contributed by atoms with E-state index in [-0.39, 0.29) is 0 Å². The maximum atomic E-state index is 4.99. The van der Waals surface area contributed by atoms with E-state index in [0.29, 0.717) is 6.61 Å². The van der Waals surface area contributed by atoms with Crippen molar-refractivity contribution in [2.45, 2.75) is 24.4 Å². The highest BCUT2D eigenvalue weighted by Crippen LogP contribution is 2.21. The normalized spacial score (nSPS) is 11.0. The molecule has 0 saturated heterocycles. The molecule has 1 aromatic heterocycles. The molecule has 1 N–H and O–H groups in total. The Balaban J connectivity index is 1.81. The standard InChI is InChI=1S/C14H21N5OS/c1-12-5-3-4-6-13(12)11-21-14-16-17-18-19(14)9-7-15-8-10-20-2/h3-6,15H,7-11H2,1-2H3. The van der Waals surface area contributed by atoms with E-state index < -0.39 is 0 Å². The third-order valence-corrected chi connectivity index (χ3v) is 4.11. The molecule has 0 aliphatic heterocycles. The molecule has 0 fully saturated rings. The summed E-state index contributed by atoms with van der Waals surface area (Å²) in [6, 6.07) is 8.38. The highest BCUT2D eigenvalue weighted by molar-refractivity contribution is 7.98. The minimum Gasteiger partial charge on any atom is -0.383 e. The molecule has 1 heterocycles. The third-order valence-electron chi connectivity index (χ3n) is 3.10. The van der Waals surface area contributed by atoms with Crippen LogP contribution in [0.15, 0.2) is 29.4 Å². The number of aromatic nitrogens is 4. The van der Waals surface area contributed by atoms with Crippen molar-refractivity contribution in [1.29, 1.82) is 0 Å². The van der Waals surface area contributed by atoms with E-state index in [9.17, 15) is 0 Å². The van der Waals surface area contributed by atoms with Crippen LogP contribution in [0.1, 0.15) is 11.1 Å². The summed E-state index contributed by atoms with van der Waals surface area (Å²) in [6.07, 6.45) is 0. The number of hydrogen-bond donors (Lipinski definition) is 1. The molecule has 0 aliphatic carbocycles. The van der Waals surface area contributed by atoms with E-state index >= 15 is 0 Å². The van der Waals surface area contributed by atoms with Crippen LogP contribution in [0, 0.1) is 6.92 Å². The fourth-order valence-corrected chi connectivity index (χ4v) is 2.82. The number of hydrogen-bond acceptors (Lipinski definition) is 6. The Morgan fingerprint density at radius 2 is 2.14 bits per heavy atom. The van der Waals surface area contributed by atoms with Crippen LogP contribution in [0.4, 0.5) is 0 Å². The molecular formula is C14H21N5OS. The number of nitrogens with one attached hydrogen (secondary N) is 1. The van der Waals surface area contributed by atoms with E-state index in [0.717, 1.165) is 30.5 Å². The number of methoxy groups -OCH3 is 1. The van der Waals surface area contributed by atoms with Gasteiger partial charge in [0.1, 0.15) is 0 Å². The van der Waals surface area contributed by atoms with Gasteiger partial charge in [0, 0.05) is 26.0 Å². The molecule has 21 heavy (non-hydrogen) atoms. The molecule has 0 saturated carbocycles. The number of aryl methyl sites for hydroxylation is 1. The lowest BCUT2D eigenvalue weighted by Gasteiger charge is -2.07. The molecule has 0 amide bonds. The lowest BCUT2D eigenvalue weighted by atomic mass is 10.1. The fourth-order valence-electron chi connectivity index (χ4n) is 1.84. The summed E-state index contributed by atoms with van der Waals surface area (Å²) in [5.41, 5.74) is 2.61. The van der Waals surface area contributed by atoms with Crippen molar-refractivity contribution in [2.24, 2.45) is 0 Å². The molecule has 0 unspecified atom stereocenters. The average molecular weight is 307 g/mol. The van der Waals surface area contributed by atoms with Crippen molar-refractivity contribution in [3.63, 3.8) is 0 Å². The molecule has 0 atom stereocenters. The maximum absolute atomic E-state index is 4.99. The van der Waals surface area contributed by atoms with Crippen LogP contribution < -0.4 is 5.32 Å². The van der Waals surface area contributed by atoms with Gasteiger partial charge in [-0.2, -0.15) is 0 Å². The van der Waals surface area contributed by atoms with Crippen molar-refractivity contribution in [3.8, 4) is 0 Å². The van der Waals surface area contributed by atoms with E-state index in [1.165, 1.54) is 11.1 Å². The largest absolute Gasteiger partial charge is 0.383 e. The van der Waals surface area contributed by atoms with Gasteiger partial charge in [-0.15, -0.1) is 5.10 Å². The fraction of sp³-hybridized carbons (Fsp3) is 0.500. The number of tetrazole rings is 1. The van der Waals surface area contributed by atoms with Gasteiger partial charge in [-0.1, -0.05) is 36.0 Å². The van der Waals surface area contributed by atoms with Gasteiger partial charge in [-0.25, -0.2) is 4.68 Å². The van der Waals surface area contributed by atoms with E-state index in [4.69, 9.17) is 4.74 Å². The van der Waals surface area contributed by atoms with E-state index in [1.807, 2.05) is 4.68 Å². The van der Waals surface area contributed by atoms with E-state index in [2.05, 4.69) is 52.0 Å². The molecule has 0 spiro atoms. The molecule has 114 valence electrons. The first-order valence-electron chi connectivity index (χ1n) is 6.94. The topological polar surface area (TPSA) is 64.9 Å². The molecule has 7 heteroatoms. The number of nitrogens with zero attached hydrogens (tertiary/aromatic N) is 4. The van der Waals surface area contributed by atoms with Gasteiger partial charge in [0.25, 0.3) is 0 Å². The van der Waals surface area contributed by atoms with Crippen molar-refractivity contribution < 1.29 is 4.74 Å². The van der Waals surface area contributed by atoms with Crippen molar-refractivity contribution in [3.05, 3.63) is 35.4 Å². The van der Waals surface area contributed by atoms with Crippen LogP contribution in [0.3, 0.4) is 0 Å². The van der Waals surface area contributed by atoms with Gasteiger partial charge < -0.3 is 10.1 Å². The number of thioether (sulfide) groups is 1. The summed E-state index contributed by atoms with van der Waals surface area (Å²) < 4.78 is 6.82. The zero-order valence-electron chi connectivity index (χ0n) is 12.5. The van der Waals surface area contributed by atoms with Gasteiger partial charge in [0.15, 0.2) is 0 Å². The van der Waals surface area contributed by atoms with Crippen LogP contribution in [0.2, 0.25) is 0 Å². The molecule has 2 rings (SSSR count). The second kappa shape index (κ2) is 8.76. The van der Waals surface area contributed by atoms with Gasteiger partial charge in [-0.3, -0.25) is 0 Å². The number of ether oxygens (including phenoxy) is 1. The summed E-state index contributed by atoms with van der Waals surface area (Å²) >= 11 is 1.66. The maximum Gasteiger partial charge on any atom is 0.209 e. The first-order valence-corrected chi connectivity index (χ1v) is 7.93. The van der Waals surface area contributed by atoms with Crippen molar-refractivity contribution in [1.82, 2.24) is 25.5 Å². The van der Waals surface area contributed by atoms with Gasteiger partial charge in [0.2, 0.25) is 5.16 Å². The second-order valence-corrected chi connectivity index (χ2v) is 5.59. The number of benzene rings is 1. The predicted molar refractivity (Wildman–Crippen MR) is 83.3 cm³/mol. The number of rotatable bonds is 9. The highest BCUT2D eigenvalue weighted by atomic mass is 32.2. The van der Waals surface area contributed by atoms with Crippen molar-refractivity contribution >= 4 is 11.8 Å². The van der Waals surface area contributed by atoms with Crippen LogP contribution in [-0.2, 0) is 17.0 Å². The van der Waals surface area contributed by atoms with Crippen LogP contribution >= 0.6 is 11.8 Å². The quantitative estimate of drug-likeness (QED) is 0.559. The lowest BCUT2D eigenvalue weighted by Crippen LogP contribution is -2.24. The van der Waals surface area contributed by atoms with E-state index in [1.54, 1.807) is 18.9 Å². The third kappa shape index (κ3) is 5.11. The summed E-state index contributed by atoms with van der Waals surface area (Å²) in [5.74, 6) is 0.879. The first kappa shape index (κ1) is 15.9. The molecule has 0 bridgehead atoms. The summed E-state index contributed by atoms with van der Waals surface area (Å²) in [6.45, 7) is 5.26. The van der Waals surface area contributed by atoms with Crippen LogP contribution in [-0.4, -0.2) is 47.0 Å². The highest BCUT2D eigenvalue weighted by Gasteiger charge is 2.07. The average Bonchev–Trinajstić information content (AvgIpc) is 2.94. The zero-order chi connectivity index (χ0) is 14.9. The Kier molecular flexibility index (Phi) is 6.65. The van der Waals surface area contributed by atoms with Crippen LogP contribution in [0.5, 0.6) is 0 Å². The Morgan fingerprint density at radius 1 is 1.29 bits per heavy atom. The Labute approximate surface area is 129 Å². The molecule has 6 nitrogen and oxygen atoms in total.